The zero-order valence-corrected chi connectivity index (χ0v) is 22.2. The molecule has 6 nitrogen and oxygen atoms in total. The van der Waals surface area contributed by atoms with Crippen molar-refractivity contribution in [1.29, 1.82) is 0 Å². The monoisotopic (exact) mass is 496 g/mol. The number of carbonyl (C=O) groups excluding carboxylic acids is 2. The Hall–Kier alpha value is -1.72. The lowest BCUT2D eigenvalue weighted by atomic mass is 10.0. The number of carboxylic acids is 2. The van der Waals surface area contributed by atoms with Crippen LogP contribution in [0.1, 0.15) is 161 Å². The van der Waals surface area contributed by atoms with E-state index in [1.165, 1.54) is 109 Å². The lowest BCUT2D eigenvalue weighted by molar-refractivity contribution is -0.149. The molecule has 6 heteroatoms. The fourth-order valence-corrected chi connectivity index (χ4v) is 4.50. The van der Waals surface area contributed by atoms with Crippen LogP contribution in [0, 0.1) is 0 Å². The predicted octanol–water partition coefficient (Wildman–Crippen LogP) is 8.05. The quantitative estimate of drug-likeness (QED) is 0.0837. The summed E-state index contributed by atoms with van der Waals surface area (Å²) in [5, 5.41) is 17.0. The van der Waals surface area contributed by atoms with E-state index in [0.717, 1.165) is 25.7 Å². The molecule has 35 heavy (non-hydrogen) atoms. The van der Waals surface area contributed by atoms with E-state index >= 15 is 0 Å². The van der Waals surface area contributed by atoms with Crippen LogP contribution in [0.15, 0.2) is 0 Å². The van der Waals surface area contributed by atoms with Gasteiger partial charge >= 0.3 is 11.9 Å². The van der Waals surface area contributed by atoms with Gasteiger partial charge in [0.1, 0.15) is 0 Å². The zero-order chi connectivity index (χ0) is 26.0. The second-order valence-electron chi connectivity index (χ2n) is 10.1. The number of rotatable bonds is 28. The highest BCUT2D eigenvalue weighted by Gasteiger charge is 2.10. The molecule has 0 aliphatic heterocycles. The van der Waals surface area contributed by atoms with Gasteiger partial charge in [-0.2, -0.15) is 0 Å². The van der Waals surface area contributed by atoms with Gasteiger partial charge in [0.05, 0.1) is 0 Å². The van der Waals surface area contributed by atoms with Crippen LogP contribution in [0.3, 0.4) is 0 Å². The molecule has 0 amide bonds. The molecule has 0 aromatic heterocycles. The van der Waals surface area contributed by atoms with E-state index in [4.69, 9.17) is 10.2 Å². The molecule has 0 saturated carbocycles. The van der Waals surface area contributed by atoms with Gasteiger partial charge in [-0.05, 0) is 12.8 Å². The summed E-state index contributed by atoms with van der Waals surface area (Å²) in [6.07, 6.45) is 28.3. The number of carbonyl (C=O) groups is 4. The van der Waals surface area contributed by atoms with Gasteiger partial charge in [0.25, 0.3) is 0 Å². The molecule has 0 aromatic carbocycles. The first-order chi connectivity index (χ1) is 16.9. The number of hydrogen-bond donors (Lipinski definition) is 2. The Morgan fingerprint density at radius 3 is 0.571 bits per heavy atom. The van der Waals surface area contributed by atoms with E-state index in [0.29, 0.717) is 12.8 Å². The van der Waals surface area contributed by atoms with Gasteiger partial charge in [-0.1, -0.05) is 135 Å². The standard InChI is InChI=1S/C29H52O6/c30-26(28(32)33)24-22-20-18-16-14-12-10-8-6-4-2-1-3-5-7-9-11-13-15-17-19-21-23-25-27(31)29(34)35/h1-25H2,(H,32,33)(H,34,35). The zero-order valence-electron chi connectivity index (χ0n) is 22.2. The largest absolute Gasteiger partial charge is 0.476 e. The molecule has 0 aliphatic carbocycles. The molecule has 2 N–H and O–H groups in total. The number of aliphatic carboxylic acids is 2. The molecule has 0 rings (SSSR count). The minimum atomic E-state index is -1.30. The van der Waals surface area contributed by atoms with Crippen LogP contribution in [0.2, 0.25) is 0 Å². The van der Waals surface area contributed by atoms with Gasteiger partial charge in [0, 0.05) is 12.8 Å². The first kappa shape index (κ1) is 33.3. The van der Waals surface area contributed by atoms with Gasteiger partial charge in [-0.3, -0.25) is 9.59 Å². The van der Waals surface area contributed by atoms with Crippen LogP contribution in [0.25, 0.3) is 0 Å². The number of Topliss-reactive ketones (excluding diaryl/α,β-unsaturated/α-hetero) is 2. The third-order valence-electron chi connectivity index (χ3n) is 6.78. The average Bonchev–Trinajstić information content (AvgIpc) is 2.83. The van der Waals surface area contributed by atoms with Crippen molar-refractivity contribution in [3.05, 3.63) is 0 Å². The van der Waals surface area contributed by atoms with Crippen LogP contribution in [0.5, 0.6) is 0 Å². The van der Waals surface area contributed by atoms with E-state index in [1.807, 2.05) is 0 Å². The Morgan fingerprint density at radius 2 is 0.429 bits per heavy atom. The number of unbranched alkanes of at least 4 members (excludes halogenated alkanes) is 22. The van der Waals surface area contributed by atoms with E-state index in [9.17, 15) is 19.2 Å². The van der Waals surface area contributed by atoms with Crippen molar-refractivity contribution in [2.45, 2.75) is 161 Å². The van der Waals surface area contributed by atoms with E-state index in [1.54, 1.807) is 0 Å². The van der Waals surface area contributed by atoms with Gasteiger partial charge in [-0.25, -0.2) is 9.59 Å². The van der Waals surface area contributed by atoms with Crippen molar-refractivity contribution >= 4 is 23.5 Å². The Bertz CT molecular complexity index is 509. The molecule has 0 bridgehead atoms. The molecule has 0 radical (unpaired) electrons. The molecular weight excluding hydrogens is 444 g/mol. The normalized spacial score (nSPS) is 11.0. The summed E-state index contributed by atoms with van der Waals surface area (Å²) in [5.41, 5.74) is 0. The molecule has 0 fully saturated rings. The molecule has 0 saturated heterocycles. The van der Waals surface area contributed by atoms with Crippen molar-refractivity contribution in [3.63, 3.8) is 0 Å². The Morgan fingerprint density at radius 1 is 0.286 bits per heavy atom. The fraction of sp³-hybridized carbons (Fsp3) is 0.862. The maximum absolute atomic E-state index is 11.0. The van der Waals surface area contributed by atoms with Crippen molar-refractivity contribution < 1.29 is 29.4 Å². The average molecular weight is 497 g/mol. The van der Waals surface area contributed by atoms with E-state index in [2.05, 4.69) is 0 Å². The highest BCUT2D eigenvalue weighted by Crippen LogP contribution is 2.15. The molecule has 0 heterocycles. The first-order valence-corrected chi connectivity index (χ1v) is 14.5. The summed E-state index contributed by atoms with van der Waals surface area (Å²) < 4.78 is 0. The highest BCUT2D eigenvalue weighted by molar-refractivity contribution is 6.32. The second-order valence-corrected chi connectivity index (χ2v) is 10.1. The summed E-state index contributed by atoms with van der Waals surface area (Å²) in [5.74, 6) is -3.92. The van der Waals surface area contributed by atoms with Crippen LogP contribution in [0.4, 0.5) is 0 Å². The van der Waals surface area contributed by atoms with E-state index in [-0.39, 0.29) is 12.8 Å². The summed E-state index contributed by atoms with van der Waals surface area (Å²) in [6.45, 7) is 0. The summed E-state index contributed by atoms with van der Waals surface area (Å²) in [7, 11) is 0. The molecular formula is C29H52O6. The molecule has 0 aliphatic rings. The maximum Gasteiger partial charge on any atom is 0.372 e. The number of hydrogen-bond acceptors (Lipinski definition) is 4. The molecule has 0 unspecified atom stereocenters. The fourth-order valence-electron chi connectivity index (χ4n) is 4.50. The lowest BCUT2D eigenvalue weighted by Crippen LogP contribution is -2.11. The van der Waals surface area contributed by atoms with Gasteiger partial charge in [0.2, 0.25) is 11.6 Å². The summed E-state index contributed by atoms with van der Waals surface area (Å²) in [6, 6.07) is 0. The highest BCUT2D eigenvalue weighted by atomic mass is 16.4. The molecule has 0 aromatic rings. The molecule has 204 valence electrons. The predicted molar refractivity (Wildman–Crippen MR) is 141 cm³/mol. The van der Waals surface area contributed by atoms with Gasteiger partial charge in [0.15, 0.2) is 0 Å². The van der Waals surface area contributed by atoms with Crippen LogP contribution in [-0.4, -0.2) is 33.7 Å². The third kappa shape index (κ3) is 25.2. The van der Waals surface area contributed by atoms with E-state index < -0.39 is 23.5 Å². The van der Waals surface area contributed by atoms with Crippen molar-refractivity contribution in [3.8, 4) is 0 Å². The van der Waals surface area contributed by atoms with Crippen molar-refractivity contribution in [1.82, 2.24) is 0 Å². The topological polar surface area (TPSA) is 109 Å². The maximum atomic E-state index is 11.0. The van der Waals surface area contributed by atoms with Crippen molar-refractivity contribution in [2.75, 3.05) is 0 Å². The minimum absolute atomic E-state index is 0.183. The minimum Gasteiger partial charge on any atom is -0.476 e. The Balaban J connectivity index is 3.11. The summed E-state index contributed by atoms with van der Waals surface area (Å²) >= 11 is 0. The Kier molecular flexibility index (Phi) is 24.1. The first-order valence-electron chi connectivity index (χ1n) is 14.5. The van der Waals surface area contributed by atoms with Crippen molar-refractivity contribution in [2.24, 2.45) is 0 Å². The SMILES string of the molecule is O=C(O)C(=O)CCCCCCCCCCCCCCCCCCCCCCCCCC(=O)C(=O)O. The van der Waals surface area contributed by atoms with Crippen LogP contribution in [-0.2, 0) is 19.2 Å². The van der Waals surface area contributed by atoms with Crippen LogP contribution < -0.4 is 0 Å². The molecule has 0 spiro atoms. The number of carboxylic acid groups (broad SMARTS) is 2. The van der Waals surface area contributed by atoms with Gasteiger partial charge < -0.3 is 10.2 Å². The third-order valence-corrected chi connectivity index (χ3v) is 6.78. The lowest BCUT2D eigenvalue weighted by Gasteiger charge is -2.04. The summed E-state index contributed by atoms with van der Waals surface area (Å²) in [4.78, 5) is 42.8. The van der Waals surface area contributed by atoms with Gasteiger partial charge in [-0.15, -0.1) is 0 Å². The van der Waals surface area contributed by atoms with Crippen LogP contribution >= 0.6 is 0 Å². The molecule has 0 atom stereocenters. The Labute approximate surface area is 213 Å². The second kappa shape index (κ2) is 25.4. The smallest absolute Gasteiger partial charge is 0.372 e. The number of ketones is 2.